The van der Waals surface area contributed by atoms with Crippen LogP contribution in [0.15, 0.2) is 78.0 Å². The molecular formula is C27H27ClN4O3S. The van der Waals surface area contributed by atoms with E-state index < -0.39 is 0 Å². The van der Waals surface area contributed by atoms with Crippen molar-refractivity contribution in [3.63, 3.8) is 0 Å². The van der Waals surface area contributed by atoms with Crippen molar-refractivity contribution in [2.24, 2.45) is 0 Å². The van der Waals surface area contributed by atoms with Crippen LogP contribution in [0, 0.1) is 0 Å². The molecule has 1 aromatic heterocycles. The predicted molar refractivity (Wildman–Crippen MR) is 143 cm³/mol. The van der Waals surface area contributed by atoms with Gasteiger partial charge < -0.3 is 14.8 Å². The maximum atomic E-state index is 12.6. The number of carbonyl (C=O) groups is 1. The molecule has 1 N–H and O–H groups in total. The molecule has 0 atom stereocenters. The van der Waals surface area contributed by atoms with Gasteiger partial charge in [-0.05, 0) is 79.6 Å². The van der Waals surface area contributed by atoms with Gasteiger partial charge in [0.05, 0.1) is 12.4 Å². The molecule has 0 saturated carbocycles. The summed E-state index contributed by atoms with van der Waals surface area (Å²) >= 11 is 7.28. The maximum Gasteiger partial charge on any atom is 0.234 e. The maximum absolute atomic E-state index is 12.6. The molecule has 186 valence electrons. The molecule has 1 amide bonds. The highest BCUT2D eigenvalue weighted by atomic mass is 35.5. The van der Waals surface area contributed by atoms with Crippen molar-refractivity contribution in [3.05, 3.63) is 89.2 Å². The molecule has 7 nitrogen and oxygen atoms in total. The normalized spacial score (nSPS) is 10.8. The van der Waals surface area contributed by atoms with E-state index in [2.05, 4.69) is 22.4 Å². The number of carbonyl (C=O) groups excluding carboxylic acids is 1. The summed E-state index contributed by atoms with van der Waals surface area (Å²) in [5.41, 5.74) is 2.83. The highest BCUT2D eigenvalue weighted by Gasteiger charge is 2.17. The van der Waals surface area contributed by atoms with Crippen molar-refractivity contribution in [1.29, 1.82) is 0 Å². The highest BCUT2D eigenvalue weighted by Crippen LogP contribution is 2.25. The van der Waals surface area contributed by atoms with Crippen molar-refractivity contribution in [2.45, 2.75) is 32.0 Å². The number of rotatable bonds is 11. The Kier molecular flexibility index (Phi) is 8.86. The van der Waals surface area contributed by atoms with Gasteiger partial charge in [-0.2, -0.15) is 0 Å². The summed E-state index contributed by atoms with van der Waals surface area (Å²) in [5, 5.41) is 12.8. The number of hydrogen-bond acceptors (Lipinski definition) is 6. The number of thioether (sulfide) groups is 1. The van der Waals surface area contributed by atoms with E-state index in [1.165, 1.54) is 17.3 Å². The minimum absolute atomic E-state index is 0.121. The van der Waals surface area contributed by atoms with Crippen LogP contribution < -0.4 is 14.8 Å². The second kappa shape index (κ2) is 12.5. The first-order valence-electron chi connectivity index (χ1n) is 11.6. The number of nitrogens with zero attached hydrogens (tertiary/aromatic N) is 3. The van der Waals surface area contributed by atoms with E-state index >= 15 is 0 Å². The smallest absolute Gasteiger partial charge is 0.234 e. The lowest BCUT2D eigenvalue weighted by Gasteiger charge is -2.12. The Hall–Kier alpha value is -3.49. The number of benzene rings is 3. The minimum Gasteiger partial charge on any atom is -0.494 e. The van der Waals surface area contributed by atoms with Gasteiger partial charge in [0.2, 0.25) is 5.91 Å². The second-order valence-corrected chi connectivity index (χ2v) is 9.17. The molecule has 1 heterocycles. The minimum atomic E-state index is -0.121. The Balaban J connectivity index is 1.50. The Morgan fingerprint density at radius 1 is 0.917 bits per heavy atom. The zero-order valence-corrected chi connectivity index (χ0v) is 21.7. The topological polar surface area (TPSA) is 78.3 Å². The third-order valence-electron chi connectivity index (χ3n) is 5.27. The summed E-state index contributed by atoms with van der Waals surface area (Å²) < 4.78 is 13.4. The van der Waals surface area contributed by atoms with Crippen LogP contribution >= 0.6 is 23.4 Å². The molecule has 9 heteroatoms. The Morgan fingerprint density at radius 2 is 1.58 bits per heavy atom. The van der Waals surface area contributed by atoms with Gasteiger partial charge in [-0.15, -0.1) is 10.2 Å². The Bertz CT molecular complexity index is 1280. The molecule has 0 radical (unpaired) electrons. The first-order chi connectivity index (χ1) is 17.6. The monoisotopic (exact) mass is 522 g/mol. The zero-order valence-electron chi connectivity index (χ0n) is 20.1. The second-order valence-electron chi connectivity index (χ2n) is 7.79. The predicted octanol–water partition coefficient (Wildman–Crippen LogP) is 6.19. The van der Waals surface area contributed by atoms with E-state index in [4.69, 9.17) is 21.1 Å². The van der Waals surface area contributed by atoms with Gasteiger partial charge in [0.15, 0.2) is 11.0 Å². The zero-order chi connectivity index (χ0) is 25.3. The summed E-state index contributed by atoms with van der Waals surface area (Å²) in [6, 6.07) is 22.6. The molecule has 4 aromatic rings. The number of ether oxygens (including phenoxy) is 2. The van der Waals surface area contributed by atoms with Crippen molar-refractivity contribution in [2.75, 3.05) is 17.7 Å². The van der Waals surface area contributed by atoms with Crippen LogP contribution in [0.3, 0.4) is 0 Å². The van der Waals surface area contributed by atoms with E-state index in [9.17, 15) is 4.79 Å². The first-order valence-corrected chi connectivity index (χ1v) is 13.0. The summed E-state index contributed by atoms with van der Waals surface area (Å²) in [7, 11) is 0. The van der Waals surface area contributed by atoms with Crippen molar-refractivity contribution in [1.82, 2.24) is 14.8 Å². The van der Waals surface area contributed by atoms with E-state index in [1.54, 1.807) is 24.3 Å². The number of anilines is 1. The van der Waals surface area contributed by atoms with Crippen LogP contribution in [-0.4, -0.2) is 33.0 Å². The van der Waals surface area contributed by atoms with Crippen molar-refractivity contribution < 1.29 is 14.3 Å². The molecule has 0 unspecified atom stereocenters. The van der Waals surface area contributed by atoms with Crippen LogP contribution in [0.5, 0.6) is 11.5 Å². The fourth-order valence-corrected chi connectivity index (χ4v) is 4.33. The number of amides is 1. The fraction of sp³-hybridized carbons (Fsp3) is 0.222. The van der Waals surface area contributed by atoms with Gasteiger partial charge in [0.25, 0.3) is 0 Å². The van der Waals surface area contributed by atoms with Gasteiger partial charge in [-0.3, -0.25) is 9.36 Å². The van der Waals surface area contributed by atoms with E-state index in [1.807, 2.05) is 60.0 Å². The van der Waals surface area contributed by atoms with Gasteiger partial charge in [-0.25, -0.2) is 0 Å². The van der Waals surface area contributed by atoms with Crippen molar-refractivity contribution >= 4 is 35.0 Å². The van der Waals surface area contributed by atoms with Crippen LogP contribution in [0.1, 0.15) is 25.2 Å². The van der Waals surface area contributed by atoms with Crippen LogP contribution in [-0.2, 0) is 17.8 Å². The molecule has 0 spiro atoms. The highest BCUT2D eigenvalue weighted by molar-refractivity contribution is 7.99. The lowest BCUT2D eigenvalue weighted by molar-refractivity contribution is -0.113. The molecule has 0 saturated heterocycles. The number of nitrogens with one attached hydrogen (secondary N) is 1. The Labute approximate surface area is 219 Å². The van der Waals surface area contributed by atoms with E-state index in [-0.39, 0.29) is 18.3 Å². The molecule has 0 bridgehead atoms. The molecular weight excluding hydrogens is 496 g/mol. The summed E-state index contributed by atoms with van der Waals surface area (Å²) in [4.78, 5) is 12.6. The molecule has 0 fully saturated rings. The molecule has 3 aromatic carbocycles. The van der Waals surface area contributed by atoms with Gasteiger partial charge in [0, 0.05) is 16.4 Å². The third-order valence-corrected chi connectivity index (χ3v) is 6.45. The SMILES string of the molecule is CCOc1ccc(-n2c(COc3ccc(Cl)cc3)nnc2SCC(=O)Nc2ccc(CC)cc2)cc1. The molecule has 4 rings (SSSR count). The van der Waals surface area contributed by atoms with Crippen molar-refractivity contribution in [3.8, 4) is 17.2 Å². The number of aromatic nitrogens is 3. The third kappa shape index (κ3) is 6.80. The molecule has 0 aliphatic rings. The van der Waals surface area contributed by atoms with Crippen LogP contribution in [0.2, 0.25) is 5.02 Å². The van der Waals surface area contributed by atoms with Gasteiger partial charge in [-0.1, -0.05) is 42.4 Å². The number of aryl methyl sites for hydroxylation is 1. The van der Waals surface area contributed by atoms with Gasteiger partial charge >= 0.3 is 0 Å². The summed E-state index contributed by atoms with van der Waals surface area (Å²) in [5.74, 6) is 2.11. The quantitative estimate of drug-likeness (QED) is 0.237. The summed E-state index contributed by atoms with van der Waals surface area (Å²) in [6.45, 7) is 4.82. The van der Waals surface area contributed by atoms with E-state index in [0.29, 0.717) is 28.4 Å². The number of halogens is 1. The van der Waals surface area contributed by atoms with Gasteiger partial charge in [0.1, 0.15) is 18.1 Å². The van der Waals surface area contributed by atoms with Crippen LogP contribution in [0.4, 0.5) is 5.69 Å². The lowest BCUT2D eigenvalue weighted by atomic mass is 10.1. The van der Waals surface area contributed by atoms with Crippen LogP contribution in [0.25, 0.3) is 5.69 Å². The molecule has 0 aliphatic heterocycles. The first kappa shape index (κ1) is 25.6. The molecule has 0 aliphatic carbocycles. The standard InChI is InChI=1S/C27H27ClN4O3S/c1-3-19-5-9-21(10-6-19)29-26(33)18-36-27-31-30-25(17-35-24-13-7-20(28)8-14-24)32(27)22-11-15-23(16-12-22)34-4-2/h5-16H,3-4,17-18H2,1-2H3,(H,29,33). The summed E-state index contributed by atoms with van der Waals surface area (Å²) in [6.07, 6.45) is 0.954. The average molecular weight is 523 g/mol. The Morgan fingerprint density at radius 3 is 2.25 bits per heavy atom. The molecule has 36 heavy (non-hydrogen) atoms. The lowest BCUT2D eigenvalue weighted by Crippen LogP contribution is -2.14. The largest absolute Gasteiger partial charge is 0.494 e. The average Bonchev–Trinajstić information content (AvgIpc) is 3.31. The number of hydrogen-bond donors (Lipinski definition) is 1. The van der Waals surface area contributed by atoms with E-state index in [0.717, 1.165) is 23.5 Å². The fourth-order valence-electron chi connectivity index (χ4n) is 3.43.